The minimum atomic E-state index is -0.611. The summed E-state index contributed by atoms with van der Waals surface area (Å²) in [5.74, 6) is -0.807. The van der Waals surface area contributed by atoms with Crippen LogP contribution in [-0.4, -0.2) is 83.5 Å². The molecule has 4 amide bonds. The van der Waals surface area contributed by atoms with E-state index < -0.39 is 11.9 Å². The van der Waals surface area contributed by atoms with Crippen molar-refractivity contribution in [1.29, 1.82) is 0 Å². The molecule has 1 aromatic rings. The van der Waals surface area contributed by atoms with Gasteiger partial charge in [0.25, 0.3) is 5.91 Å². The van der Waals surface area contributed by atoms with Crippen LogP contribution in [0, 0.1) is 0 Å². The monoisotopic (exact) mass is 392 g/mol. The van der Waals surface area contributed by atoms with E-state index in [0.29, 0.717) is 43.3 Å². The van der Waals surface area contributed by atoms with Crippen LogP contribution in [0.2, 0.25) is 5.02 Å². The van der Waals surface area contributed by atoms with Gasteiger partial charge in [-0.05, 0) is 23.8 Å². The van der Waals surface area contributed by atoms with E-state index in [0.717, 1.165) is 4.90 Å². The lowest BCUT2D eigenvalue weighted by molar-refractivity contribution is -0.137. The average molecular weight is 393 g/mol. The van der Waals surface area contributed by atoms with Crippen molar-refractivity contribution in [1.82, 2.24) is 20.0 Å². The Balaban J connectivity index is 1.61. The lowest BCUT2D eigenvalue weighted by Crippen LogP contribution is -2.52. The Labute approximate surface area is 162 Å². The van der Waals surface area contributed by atoms with Gasteiger partial charge in [-0.15, -0.1) is 0 Å². The van der Waals surface area contributed by atoms with Crippen molar-refractivity contribution in [3.63, 3.8) is 0 Å². The van der Waals surface area contributed by atoms with Crippen molar-refractivity contribution in [2.75, 3.05) is 45.9 Å². The van der Waals surface area contributed by atoms with Gasteiger partial charge in [-0.2, -0.15) is 0 Å². The second-order valence-corrected chi connectivity index (χ2v) is 6.82. The first kappa shape index (κ1) is 19.3. The molecule has 8 nitrogen and oxygen atoms in total. The predicted octanol–water partition coefficient (Wildman–Crippen LogP) is 0.369. The van der Waals surface area contributed by atoms with Gasteiger partial charge in [-0.3, -0.25) is 14.5 Å². The maximum Gasteiger partial charge on any atom is 0.329 e. The fourth-order valence-electron chi connectivity index (χ4n) is 3.08. The van der Waals surface area contributed by atoms with Crippen molar-refractivity contribution < 1.29 is 19.5 Å². The highest BCUT2D eigenvalue weighted by Gasteiger charge is 2.36. The predicted molar refractivity (Wildman–Crippen MR) is 99.8 cm³/mol. The molecule has 0 spiro atoms. The Kier molecular flexibility index (Phi) is 6.10. The van der Waals surface area contributed by atoms with Gasteiger partial charge in [0.15, 0.2) is 0 Å². The van der Waals surface area contributed by atoms with E-state index in [4.69, 9.17) is 16.7 Å². The molecule has 144 valence electrons. The lowest BCUT2D eigenvalue weighted by Gasteiger charge is -2.34. The summed E-state index contributed by atoms with van der Waals surface area (Å²) in [6.45, 7) is 2.70. The number of carbonyl (C=O) groups excluding carboxylic acids is 3. The summed E-state index contributed by atoms with van der Waals surface area (Å²) in [5.41, 5.74) is 0.794. The average Bonchev–Trinajstić information content (AvgIpc) is 2.90. The minimum absolute atomic E-state index is 0.0815. The highest BCUT2D eigenvalue weighted by Crippen LogP contribution is 2.17. The Morgan fingerprint density at radius 1 is 1.22 bits per heavy atom. The summed E-state index contributed by atoms with van der Waals surface area (Å²) in [4.78, 5) is 41.7. The number of hydrogen-bond acceptors (Lipinski definition) is 5. The maximum absolute atomic E-state index is 12.5. The van der Waals surface area contributed by atoms with Crippen LogP contribution in [0.5, 0.6) is 0 Å². The van der Waals surface area contributed by atoms with E-state index in [1.54, 1.807) is 29.2 Å². The number of urea groups is 1. The number of imide groups is 1. The third kappa shape index (κ3) is 4.65. The fraction of sp³-hybridized carbons (Fsp3) is 0.389. The molecule has 0 bridgehead atoms. The molecule has 0 atom stereocenters. The number of halogens is 1. The van der Waals surface area contributed by atoms with Gasteiger partial charge < -0.3 is 15.3 Å². The fourth-order valence-corrected chi connectivity index (χ4v) is 3.27. The van der Waals surface area contributed by atoms with Gasteiger partial charge in [-0.25, -0.2) is 9.69 Å². The first-order valence-corrected chi connectivity index (χ1v) is 9.07. The van der Waals surface area contributed by atoms with Gasteiger partial charge in [0.05, 0.1) is 6.61 Å². The van der Waals surface area contributed by atoms with Crippen molar-refractivity contribution >= 4 is 35.5 Å². The van der Waals surface area contributed by atoms with Crippen LogP contribution >= 0.6 is 11.6 Å². The molecular weight excluding hydrogens is 372 g/mol. The summed E-state index contributed by atoms with van der Waals surface area (Å²) < 4.78 is 0. The number of β-amino-alcohol motifs (C(OH)–C–C–N with tert-alkyl or cyclic N) is 1. The summed E-state index contributed by atoms with van der Waals surface area (Å²) >= 11 is 5.93. The third-order valence-electron chi connectivity index (χ3n) is 4.56. The lowest BCUT2D eigenvalue weighted by atomic mass is 10.2. The largest absolute Gasteiger partial charge is 0.395 e. The Bertz CT molecular complexity index is 774. The van der Waals surface area contributed by atoms with E-state index >= 15 is 0 Å². The standard InChI is InChI=1S/C18H21ClN4O4/c19-14-3-1-2-13(10-14)11-15-17(26)23(18(27)20-15)12-16(25)22-6-4-21(5-7-22)8-9-24/h1-3,10-11,24H,4-9,12H2,(H,20,27). The second kappa shape index (κ2) is 8.51. The summed E-state index contributed by atoms with van der Waals surface area (Å²) in [6.07, 6.45) is 1.53. The molecule has 1 aromatic carbocycles. The van der Waals surface area contributed by atoms with Crippen LogP contribution in [0.4, 0.5) is 4.79 Å². The molecular formula is C18H21ClN4O4. The quantitative estimate of drug-likeness (QED) is 0.558. The van der Waals surface area contributed by atoms with Crippen LogP contribution in [0.1, 0.15) is 5.56 Å². The molecule has 27 heavy (non-hydrogen) atoms. The molecule has 0 saturated carbocycles. The van der Waals surface area contributed by atoms with Gasteiger partial charge in [0.1, 0.15) is 12.2 Å². The zero-order valence-electron chi connectivity index (χ0n) is 14.7. The van der Waals surface area contributed by atoms with Crippen molar-refractivity contribution in [3.05, 3.63) is 40.5 Å². The maximum atomic E-state index is 12.5. The van der Waals surface area contributed by atoms with Crippen LogP contribution in [0.15, 0.2) is 30.0 Å². The first-order valence-electron chi connectivity index (χ1n) is 8.69. The number of piperazine rings is 1. The van der Waals surface area contributed by atoms with Crippen LogP contribution in [-0.2, 0) is 9.59 Å². The zero-order chi connectivity index (χ0) is 19.4. The third-order valence-corrected chi connectivity index (χ3v) is 4.79. The van der Waals surface area contributed by atoms with Gasteiger partial charge in [0, 0.05) is 37.7 Å². The van der Waals surface area contributed by atoms with E-state index in [1.165, 1.54) is 6.08 Å². The van der Waals surface area contributed by atoms with Crippen LogP contribution in [0.3, 0.4) is 0 Å². The number of nitrogens with zero attached hydrogens (tertiary/aromatic N) is 3. The molecule has 2 saturated heterocycles. The number of carbonyl (C=O) groups is 3. The SMILES string of the molecule is O=C(CN1C(=O)NC(=Cc2cccc(Cl)c2)C1=O)N1CCN(CCO)CC1. The van der Waals surface area contributed by atoms with Crippen LogP contribution < -0.4 is 5.32 Å². The molecule has 2 fully saturated rings. The highest BCUT2D eigenvalue weighted by atomic mass is 35.5. The smallest absolute Gasteiger partial charge is 0.329 e. The summed E-state index contributed by atoms with van der Waals surface area (Å²) in [7, 11) is 0. The summed E-state index contributed by atoms with van der Waals surface area (Å²) in [5, 5.41) is 12.0. The van der Waals surface area contributed by atoms with Crippen molar-refractivity contribution in [2.45, 2.75) is 0 Å². The number of nitrogens with one attached hydrogen (secondary N) is 1. The zero-order valence-corrected chi connectivity index (χ0v) is 15.5. The molecule has 3 rings (SSSR count). The second-order valence-electron chi connectivity index (χ2n) is 6.38. The number of hydrogen-bond donors (Lipinski definition) is 2. The topological polar surface area (TPSA) is 93.2 Å². The van der Waals surface area contributed by atoms with E-state index in [-0.39, 0.29) is 24.8 Å². The molecule has 0 unspecified atom stereocenters. The Hall–Kier alpha value is -2.42. The first-order chi connectivity index (χ1) is 13.0. The number of amides is 4. The molecule has 0 radical (unpaired) electrons. The van der Waals surface area contributed by atoms with Crippen molar-refractivity contribution in [2.24, 2.45) is 0 Å². The molecule has 0 aromatic heterocycles. The molecule has 2 heterocycles. The van der Waals surface area contributed by atoms with Gasteiger partial charge in [0.2, 0.25) is 5.91 Å². The molecule has 9 heteroatoms. The molecule has 2 N–H and O–H groups in total. The number of rotatable bonds is 5. The van der Waals surface area contributed by atoms with E-state index in [2.05, 4.69) is 10.2 Å². The Morgan fingerprint density at radius 3 is 2.63 bits per heavy atom. The minimum Gasteiger partial charge on any atom is -0.395 e. The molecule has 2 aliphatic heterocycles. The van der Waals surface area contributed by atoms with E-state index in [9.17, 15) is 14.4 Å². The van der Waals surface area contributed by atoms with Gasteiger partial charge >= 0.3 is 6.03 Å². The number of aliphatic hydroxyl groups is 1. The normalized spacial score (nSPS) is 19.7. The van der Waals surface area contributed by atoms with Crippen molar-refractivity contribution in [3.8, 4) is 0 Å². The molecule has 0 aliphatic carbocycles. The van der Waals surface area contributed by atoms with E-state index in [1.807, 2.05) is 0 Å². The van der Waals surface area contributed by atoms with Crippen LogP contribution in [0.25, 0.3) is 6.08 Å². The highest BCUT2D eigenvalue weighted by molar-refractivity contribution is 6.30. The number of aliphatic hydroxyl groups excluding tert-OH is 1. The van der Waals surface area contributed by atoms with Gasteiger partial charge in [-0.1, -0.05) is 23.7 Å². The Morgan fingerprint density at radius 2 is 1.96 bits per heavy atom. The summed E-state index contributed by atoms with van der Waals surface area (Å²) in [6, 6.07) is 6.28. The number of benzene rings is 1. The molecule has 2 aliphatic rings.